The van der Waals surface area contributed by atoms with Crippen LogP contribution in [0.3, 0.4) is 0 Å². The van der Waals surface area contributed by atoms with E-state index < -0.39 is 0 Å². The van der Waals surface area contributed by atoms with E-state index >= 15 is 0 Å². The number of halogens is 2. The number of aromatic nitrogens is 3. The maximum absolute atomic E-state index is 12.4. The van der Waals surface area contributed by atoms with Crippen LogP contribution in [0.5, 0.6) is 0 Å². The van der Waals surface area contributed by atoms with Gasteiger partial charge >= 0.3 is 0 Å². The monoisotopic (exact) mass is 370 g/mol. The molecule has 1 aromatic carbocycles. The maximum atomic E-state index is 12.4. The Morgan fingerprint density at radius 1 is 1.39 bits per heavy atom. The Morgan fingerprint density at radius 2 is 2.13 bits per heavy atom. The van der Waals surface area contributed by atoms with E-state index in [1.807, 2.05) is 18.5 Å². The van der Waals surface area contributed by atoms with Crippen molar-refractivity contribution in [3.05, 3.63) is 34.1 Å². The SMILES string of the molecule is C[C@@H](Sc1nnc(C2CC2)n1C)C(=O)Nc1cc(Cl)ccc1Cl. The van der Waals surface area contributed by atoms with Gasteiger partial charge in [0, 0.05) is 18.0 Å². The lowest BCUT2D eigenvalue weighted by atomic mass is 10.3. The molecule has 0 aliphatic heterocycles. The van der Waals surface area contributed by atoms with E-state index in [-0.39, 0.29) is 11.2 Å². The molecule has 23 heavy (non-hydrogen) atoms. The standard InChI is InChI=1S/C15H16Cl2N4OS/c1-8(14(22)18-12-7-10(16)5-6-11(12)17)23-15-20-19-13(21(15)2)9-3-4-9/h5-9H,3-4H2,1-2H3,(H,18,22)/t8-/m1/s1. The van der Waals surface area contributed by atoms with Crippen molar-refractivity contribution >= 4 is 46.6 Å². The predicted molar refractivity (Wildman–Crippen MR) is 93.4 cm³/mol. The van der Waals surface area contributed by atoms with Gasteiger partial charge in [0.2, 0.25) is 5.91 Å². The number of anilines is 1. The summed E-state index contributed by atoms with van der Waals surface area (Å²) in [5.41, 5.74) is 0.508. The molecule has 1 amide bonds. The zero-order valence-corrected chi connectivity index (χ0v) is 15.0. The van der Waals surface area contributed by atoms with Gasteiger partial charge in [-0.1, -0.05) is 35.0 Å². The molecule has 1 saturated carbocycles. The van der Waals surface area contributed by atoms with Gasteiger partial charge in [-0.25, -0.2) is 0 Å². The first kappa shape index (κ1) is 16.6. The van der Waals surface area contributed by atoms with Crippen LogP contribution in [0.4, 0.5) is 5.69 Å². The smallest absolute Gasteiger partial charge is 0.237 e. The fourth-order valence-corrected chi connectivity index (χ4v) is 3.32. The third-order valence-electron chi connectivity index (χ3n) is 3.65. The van der Waals surface area contributed by atoms with E-state index in [9.17, 15) is 4.79 Å². The lowest BCUT2D eigenvalue weighted by Gasteiger charge is -2.13. The summed E-state index contributed by atoms with van der Waals surface area (Å²) in [5.74, 6) is 1.37. The van der Waals surface area contributed by atoms with Crippen molar-refractivity contribution in [1.29, 1.82) is 0 Å². The summed E-state index contributed by atoms with van der Waals surface area (Å²) in [7, 11) is 1.94. The van der Waals surface area contributed by atoms with Gasteiger partial charge in [-0.2, -0.15) is 0 Å². The van der Waals surface area contributed by atoms with E-state index in [2.05, 4.69) is 15.5 Å². The third-order valence-corrected chi connectivity index (χ3v) is 5.35. The summed E-state index contributed by atoms with van der Waals surface area (Å²) < 4.78 is 1.97. The first-order valence-electron chi connectivity index (χ1n) is 7.27. The predicted octanol–water partition coefficient (Wildman–Crippen LogP) is 4.12. The van der Waals surface area contributed by atoms with E-state index in [4.69, 9.17) is 23.2 Å². The van der Waals surface area contributed by atoms with Crippen molar-refractivity contribution in [1.82, 2.24) is 14.8 Å². The van der Waals surface area contributed by atoms with E-state index in [0.717, 1.165) is 11.0 Å². The van der Waals surface area contributed by atoms with Gasteiger partial charge in [-0.05, 0) is 38.0 Å². The first-order valence-corrected chi connectivity index (χ1v) is 8.91. The number of amides is 1. The quantitative estimate of drug-likeness (QED) is 0.804. The van der Waals surface area contributed by atoms with Crippen molar-refractivity contribution in [3.63, 3.8) is 0 Å². The van der Waals surface area contributed by atoms with E-state index in [1.54, 1.807) is 18.2 Å². The van der Waals surface area contributed by atoms with Crippen LogP contribution >= 0.6 is 35.0 Å². The van der Waals surface area contributed by atoms with Gasteiger partial charge in [-0.15, -0.1) is 10.2 Å². The molecule has 0 spiro atoms. The third kappa shape index (κ3) is 3.82. The minimum absolute atomic E-state index is 0.157. The Kier molecular flexibility index (Phi) is 4.85. The van der Waals surface area contributed by atoms with Gasteiger partial charge in [0.1, 0.15) is 5.82 Å². The molecule has 8 heteroatoms. The Labute approximate surface area is 148 Å². The number of hydrogen-bond donors (Lipinski definition) is 1. The van der Waals surface area contributed by atoms with Crippen LogP contribution in [0.1, 0.15) is 31.5 Å². The summed E-state index contributed by atoms with van der Waals surface area (Å²) in [6.45, 7) is 1.82. The number of thioether (sulfide) groups is 1. The molecular weight excluding hydrogens is 355 g/mol. The topological polar surface area (TPSA) is 59.8 Å². The lowest BCUT2D eigenvalue weighted by Crippen LogP contribution is -2.23. The van der Waals surface area contributed by atoms with Gasteiger partial charge in [0.25, 0.3) is 0 Å². The molecular formula is C15H16Cl2N4OS. The molecule has 1 aliphatic carbocycles. The number of hydrogen-bond acceptors (Lipinski definition) is 4. The minimum Gasteiger partial charge on any atom is -0.324 e. The average molecular weight is 371 g/mol. The number of nitrogens with zero attached hydrogens (tertiary/aromatic N) is 3. The lowest BCUT2D eigenvalue weighted by molar-refractivity contribution is -0.115. The largest absolute Gasteiger partial charge is 0.324 e. The number of rotatable bonds is 5. The van der Waals surface area contributed by atoms with Gasteiger partial charge in [0.05, 0.1) is 16.0 Å². The Balaban J connectivity index is 1.66. The molecule has 0 bridgehead atoms. The highest BCUT2D eigenvalue weighted by Gasteiger charge is 2.30. The van der Waals surface area contributed by atoms with Crippen LogP contribution in [-0.2, 0) is 11.8 Å². The summed E-state index contributed by atoms with van der Waals surface area (Å²) in [4.78, 5) is 12.4. The van der Waals surface area contributed by atoms with E-state index in [0.29, 0.717) is 21.7 Å². The molecule has 5 nitrogen and oxygen atoms in total. The number of nitrogens with one attached hydrogen (secondary N) is 1. The van der Waals surface area contributed by atoms with Crippen molar-refractivity contribution < 1.29 is 4.79 Å². The molecule has 2 aromatic rings. The van der Waals surface area contributed by atoms with Gasteiger partial charge in [0.15, 0.2) is 5.16 Å². The van der Waals surface area contributed by atoms with Crippen molar-refractivity contribution in [2.45, 2.75) is 36.1 Å². The zero-order chi connectivity index (χ0) is 16.6. The van der Waals surface area contributed by atoms with Crippen molar-refractivity contribution in [3.8, 4) is 0 Å². The summed E-state index contributed by atoms with van der Waals surface area (Å²) in [6, 6.07) is 4.96. The molecule has 1 aromatic heterocycles. The molecule has 1 aliphatic rings. The van der Waals surface area contributed by atoms with Crippen molar-refractivity contribution in [2.75, 3.05) is 5.32 Å². The molecule has 0 unspecified atom stereocenters. The molecule has 0 radical (unpaired) electrons. The highest BCUT2D eigenvalue weighted by molar-refractivity contribution is 8.00. The fraction of sp³-hybridized carbons (Fsp3) is 0.400. The van der Waals surface area contributed by atoms with Crippen LogP contribution in [0.2, 0.25) is 10.0 Å². The number of carbonyl (C=O) groups is 1. The second-order valence-corrected chi connectivity index (χ2v) is 7.70. The molecule has 0 saturated heterocycles. The van der Waals surface area contributed by atoms with Gasteiger partial charge < -0.3 is 9.88 Å². The molecule has 1 N–H and O–H groups in total. The van der Waals surface area contributed by atoms with Gasteiger partial charge in [-0.3, -0.25) is 4.79 Å². The zero-order valence-electron chi connectivity index (χ0n) is 12.7. The van der Waals surface area contributed by atoms with Crippen molar-refractivity contribution in [2.24, 2.45) is 7.05 Å². The molecule has 122 valence electrons. The summed E-state index contributed by atoms with van der Waals surface area (Å²) in [5, 5.41) is 12.6. The normalized spacial score (nSPS) is 15.5. The second kappa shape index (κ2) is 6.71. The van der Waals surface area contributed by atoms with Crippen LogP contribution in [-0.4, -0.2) is 25.9 Å². The minimum atomic E-state index is -0.333. The van der Waals surface area contributed by atoms with Crippen LogP contribution < -0.4 is 5.32 Å². The first-order chi connectivity index (χ1) is 11.0. The Hall–Kier alpha value is -1.24. The molecule has 1 atom stereocenters. The highest BCUT2D eigenvalue weighted by Crippen LogP contribution is 2.39. The number of benzene rings is 1. The summed E-state index contributed by atoms with van der Waals surface area (Å²) >= 11 is 13.4. The Bertz CT molecular complexity index is 745. The molecule has 1 fully saturated rings. The second-order valence-electron chi connectivity index (χ2n) is 5.55. The van der Waals surface area contributed by atoms with Crippen LogP contribution in [0, 0.1) is 0 Å². The fourth-order valence-electron chi connectivity index (χ4n) is 2.17. The summed E-state index contributed by atoms with van der Waals surface area (Å²) in [6.07, 6.45) is 2.33. The molecule has 1 heterocycles. The van der Waals surface area contributed by atoms with E-state index in [1.165, 1.54) is 24.6 Å². The average Bonchev–Trinajstić information content (AvgIpc) is 3.29. The Morgan fingerprint density at radius 3 is 2.83 bits per heavy atom. The number of carbonyl (C=O) groups excluding carboxylic acids is 1. The van der Waals surface area contributed by atoms with Crippen LogP contribution in [0.25, 0.3) is 0 Å². The molecule has 3 rings (SSSR count). The highest BCUT2D eigenvalue weighted by atomic mass is 35.5. The maximum Gasteiger partial charge on any atom is 0.237 e. The van der Waals surface area contributed by atoms with Crippen LogP contribution in [0.15, 0.2) is 23.4 Å².